The summed E-state index contributed by atoms with van der Waals surface area (Å²) in [6, 6.07) is 9.58. The molecule has 6 heteroatoms. The molecule has 1 heterocycles. The van der Waals surface area contributed by atoms with Crippen LogP contribution in [0.1, 0.15) is 0 Å². The first-order valence-electron chi connectivity index (χ1n) is 5.41. The topological polar surface area (TPSA) is 20.7 Å². The molecule has 0 saturated carbocycles. The summed E-state index contributed by atoms with van der Waals surface area (Å²) in [5, 5.41) is 1.03. The van der Waals surface area contributed by atoms with Gasteiger partial charge in [0.25, 0.3) is 0 Å². The number of aromatic amines is 1. The summed E-state index contributed by atoms with van der Waals surface area (Å²) in [5.41, 5.74) is 2.13. The number of nitrogens with zero attached hydrogens (tertiary/aromatic N) is 1. The average Bonchev–Trinajstić information content (AvgIpc) is 2.62. The Kier molecular flexibility index (Phi) is 3.09. The Morgan fingerprint density at radius 3 is 2.42 bits per heavy atom. The van der Waals surface area contributed by atoms with Gasteiger partial charge in [-0.1, -0.05) is 23.2 Å². The summed E-state index contributed by atoms with van der Waals surface area (Å²) in [5.74, 6) is -0.319. The van der Waals surface area contributed by atoms with Crippen LogP contribution in [0.5, 0.6) is 0 Å². The lowest BCUT2D eigenvalue weighted by molar-refractivity contribution is 0.629. The Morgan fingerprint density at radius 2 is 1.74 bits per heavy atom. The molecule has 0 amide bonds. The molecule has 0 radical (unpaired) electrons. The van der Waals surface area contributed by atoms with Gasteiger partial charge in [-0.3, -0.25) is 4.57 Å². The molecule has 19 heavy (non-hydrogen) atoms. The highest BCUT2D eigenvalue weighted by molar-refractivity contribution is 7.71. The molecule has 0 saturated heterocycles. The Bertz CT molecular complexity index is 818. The summed E-state index contributed by atoms with van der Waals surface area (Å²) in [6.07, 6.45) is 0. The van der Waals surface area contributed by atoms with Crippen molar-refractivity contribution in [1.29, 1.82) is 0 Å². The third-order valence-corrected chi connectivity index (χ3v) is 3.47. The molecule has 96 valence electrons. The fourth-order valence-corrected chi connectivity index (χ4v) is 2.84. The zero-order valence-electron chi connectivity index (χ0n) is 9.45. The van der Waals surface area contributed by atoms with E-state index in [0.717, 1.165) is 11.2 Å². The molecular formula is C13H7Cl2FN2S. The van der Waals surface area contributed by atoms with Crippen LogP contribution in [-0.4, -0.2) is 9.55 Å². The van der Waals surface area contributed by atoms with Crippen molar-refractivity contribution in [3.8, 4) is 5.69 Å². The van der Waals surface area contributed by atoms with Gasteiger partial charge in [0.15, 0.2) is 4.77 Å². The van der Waals surface area contributed by atoms with Crippen LogP contribution in [0.4, 0.5) is 4.39 Å². The molecule has 0 aliphatic heterocycles. The van der Waals surface area contributed by atoms with Crippen molar-refractivity contribution in [3.63, 3.8) is 0 Å². The minimum Gasteiger partial charge on any atom is -0.330 e. The second-order valence-electron chi connectivity index (χ2n) is 4.05. The van der Waals surface area contributed by atoms with Crippen LogP contribution < -0.4 is 0 Å². The van der Waals surface area contributed by atoms with Gasteiger partial charge in [0.2, 0.25) is 0 Å². The maximum absolute atomic E-state index is 13.2. The van der Waals surface area contributed by atoms with Crippen molar-refractivity contribution >= 4 is 46.5 Å². The Morgan fingerprint density at radius 1 is 1.05 bits per heavy atom. The van der Waals surface area contributed by atoms with Crippen LogP contribution in [0, 0.1) is 10.6 Å². The van der Waals surface area contributed by atoms with E-state index in [0.29, 0.717) is 20.3 Å². The molecule has 1 aromatic heterocycles. The number of H-pyrrole nitrogens is 1. The van der Waals surface area contributed by atoms with Gasteiger partial charge in [-0.25, -0.2) is 4.39 Å². The van der Waals surface area contributed by atoms with Crippen molar-refractivity contribution in [1.82, 2.24) is 9.55 Å². The Labute approximate surface area is 123 Å². The predicted molar refractivity (Wildman–Crippen MR) is 78.4 cm³/mol. The summed E-state index contributed by atoms with van der Waals surface area (Å²) >= 11 is 17.3. The molecule has 0 unspecified atom stereocenters. The van der Waals surface area contributed by atoms with Gasteiger partial charge in [-0.05, 0) is 48.6 Å². The number of hydrogen-bond donors (Lipinski definition) is 1. The van der Waals surface area contributed by atoms with Gasteiger partial charge < -0.3 is 4.98 Å². The van der Waals surface area contributed by atoms with Gasteiger partial charge >= 0.3 is 0 Å². The number of hydrogen-bond acceptors (Lipinski definition) is 1. The summed E-state index contributed by atoms with van der Waals surface area (Å²) < 4.78 is 15.4. The highest BCUT2D eigenvalue weighted by atomic mass is 35.5. The lowest BCUT2D eigenvalue weighted by atomic mass is 10.2. The molecule has 3 aromatic rings. The number of fused-ring (bicyclic) bond motifs is 1. The second-order valence-corrected chi connectivity index (χ2v) is 5.31. The molecule has 0 bridgehead atoms. The first kappa shape index (κ1) is 12.7. The first-order valence-corrected chi connectivity index (χ1v) is 6.58. The van der Waals surface area contributed by atoms with Crippen LogP contribution >= 0.6 is 35.4 Å². The van der Waals surface area contributed by atoms with Crippen LogP contribution in [0.2, 0.25) is 10.0 Å². The molecule has 0 fully saturated rings. The maximum Gasteiger partial charge on any atom is 0.182 e. The third-order valence-electron chi connectivity index (χ3n) is 2.75. The van der Waals surface area contributed by atoms with E-state index in [2.05, 4.69) is 4.98 Å². The summed E-state index contributed by atoms with van der Waals surface area (Å²) in [4.78, 5) is 2.96. The SMILES string of the molecule is Fc1ccc2c(c1)[nH]c(=S)n2-c1cc(Cl)cc(Cl)c1. The third kappa shape index (κ3) is 2.27. The average molecular weight is 313 g/mol. The lowest BCUT2D eigenvalue weighted by Crippen LogP contribution is -1.94. The van der Waals surface area contributed by atoms with Crippen LogP contribution in [-0.2, 0) is 0 Å². The van der Waals surface area contributed by atoms with Gasteiger partial charge in [0, 0.05) is 10.0 Å². The largest absolute Gasteiger partial charge is 0.330 e. The summed E-state index contributed by atoms with van der Waals surface area (Å²) in [7, 11) is 0. The predicted octanol–water partition coefficient (Wildman–Crippen LogP) is 5.13. The maximum atomic E-state index is 13.2. The minimum atomic E-state index is -0.319. The standard InChI is InChI=1S/C13H7Cl2FN2S/c14-7-3-8(15)5-10(4-7)18-12-2-1-9(16)6-11(12)17-13(18)19/h1-6H,(H,17,19). The molecule has 0 aliphatic carbocycles. The van der Waals surface area contributed by atoms with Gasteiger partial charge in [0.1, 0.15) is 5.82 Å². The highest BCUT2D eigenvalue weighted by Crippen LogP contribution is 2.25. The zero-order chi connectivity index (χ0) is 13.6. The molecule has 2 nitrogen and oxygen atoms in total. The zero-order valence-corrected chi connectivity index (χ0v) is 11.8. The van der Waals surface area contributed by atoms with E-state index >= 15 is 0 Å². The van der Waals surface area contributed by atoms with E-state index < -0.39 is 0 Å². The number of halogens is 3. The molecule has 0 aliphatic rings. The number of nitrogens with one attached hydrogen (secondary N) is 1. The van der Waals surface area contributed by atoms with E-state index in [1.165, 1.54) is 12.1 Å². The first-order chi connectivity index (χ1) is 9.04. The van der Waals surface area contributed by atoms with Crippen molar-refractivity contribution in [3.05, 3.63) is 57.0 Å². The molecule has 2 aromatic carbocycles. The van der Waals surface area contributed by atoms with E-state index in [-0.39, 0.29) is 5.82 Å². The molecule has 3 rings (SSSR count). The van der Waals surface area contributed by atoms with Crippen LogP contribution in [0.3, 0.4) is 0 Å². The van der Waals surface area contributed by atoms with E-state index in [9.17, 15) is 4.39 Å². The normalized spacial score (nSPS) is 11.1. The van der Waals surface area contributed by atoms with Crippen molar-refractivity contribution < 1.29 is 4.39 Å². The smallest absolute Gasteiger partial charge is 0.182 e. The monoisotopic (exact) mass is 312 g/mol. The van der Waals surface area contributed by atoms with Crippen molar-refractivity contribution in [2.24, 2.45) is 0 Å². The van der Waals surface area contributed by atoms with Gasteiger partial charge in [-0.15, -0.1) is 0 Å². The Hall–Kier alpha value is -1.36. The number of aromatic nitrogens is 2. The number of benzene rings is 2. The Balaban J connectivity index is 2.36. The van der Waals surface area contributed by atoms with Gasteiger partial charge in [0.05, 0.1) is 16.7 Å². The van der Waals surface area contributed by atoms with Crippen LogP contribution in [0.15, 0.2) is 36.4 Å². The lowest BCUT2D eigenvalue weighted by Gasteiger charge is -2.06. The van der Waals surface area contributed by atoms with E-state index in [4.69, 9.17) is 35.4 Å². The fourth-order valence-electron chi connectivity index (χ4n) is 2.01. The van der Waals surface area contributed by atoms with E-state index in [1.807, 2.05) is 0 Å². The second kappa shape index (κ2) is 4.63. The minimum absolute atomic E-state index is 0.319. The van der Waals surface area contributed by atoms with Crippen LogP contribution in [0.25, 0.3) is 16.7 Å². The molecule has 1 N–H and O–H groups in total. The molecule has 0 spiro atoms. The highest BCUT2D eigenvalue weighted by Gasteiger charge is 2.08. The summed E-state index contributed by atoms with van der Waals surface area (Å²) in [6.45, 7) is 0. The number of rotatable bonds is 1. The van der Waals surface area contributed by atoms with Gasteiger partial charge in [-0.2, -0.15) is 0 Å². The molecule has 0 atom stereocenters. The fraction of sp³-hybridized carbons (Fsp3) is 0. The number of imidazole rings is 1. The van der Waals surface area contributed by atoms with Crippen molar-refractivity contribution in [2.45, 2.75) is 0 Å². The molecular weight excluding hydrogens is 306 g/mol. The van der Waals surface area contributed by atoms with Crippen molar-refractivity contribution in [2.75, 3.05) is 0 Å². The van der Waals surface area contributed by atoms with E-state index in [1.54, 1.807) is 28.8 Å². The quantitative estimate of drug-likeness (QED) is 0.617.